The van der Waals surface area contributed by atoms with Gasteiger partial charge in [0.05, 0.1) is 18.4 Å². The molecule has 14 heteroatoms. The van der Waals surface area contributed by atoms with Gasteiger partial charge in [-0.1, -0.05) is 0 Å². The number of aromatic nitrogens is 4. The van der Waals surface area contributed by atoms with Crippen molar-refractivity contribution < 1.29 is 27.8 Å². The second-order valence-corrected chi connectivity index (χ2v) is 12.1. The van der Waals surface area contributed by atoms with Gasteiger partial charge in [0.25, 0.3) is 5.91 Å². The summed E-state index contributed by atoms with van der Waals surface area (Å²) in [5, 5.41) is 12.6. The van der Waals surface area contributed by atoms with E-state index in [1.54, 1.807) is 21.7 Å². The molecule has 2 amide bonds. The van der Waals surface area contributed by atoms with Crippen molar-refractivity contribution in [3.63, 3.8) is 0 Å². The van der Waals surface area contributed by atoms with Crippen molar-refractivity contribution in [3.05, 3.63) is 29.5 Å². The molecule has 0 bridgehead atoms. The minimum Gasteiger partial charge on any atom is -0.381 e. The molecule has 11 nitrogen and oxygen atoms in total. The van der Waals surface area contributed by atoms with Crippen molar-refractivity contribution in [1.82, 2.24) is 29.8 Å². The van der Waals surface area contributed by atoms with Crippen LogP contribution in [0.1, 0.15) is 49.0 Å². The zero-order valence-electron chi connectivity index (χ0n) is 22.6. The predicted molar refractivity (Wildman–Crippen MR) is 147 cm³/mol. The maximum atomic E-state index is 13.7. The van der Waals surface area contributed by atoms with E-state index < -0.39 is 12.0 Å². The lowest BCUT2D eigenvalue weighted by molar-refractivity contribution is -0.161. The molecule has 0 radical (unpaired) electrons. The smallest absolute Gasteiger partial charge is 0.345 e. The van der Waals surface area contributed by atoms with E-state index in [1.165, 1.54) is 11.3 Å². The average molecular weight is 590 g/mol. The van der Waals surface area contributed by atoms with Gasteiger partial charge in [-0.3, -0.25) is 9.59 Å². The van der Waals surface area contributed by atoms with E-state index in [0.717, 1.165) is 36.9 Å². The Bertz CT molecular complexity index is 1380. The topological polar surface area (TPSA) is 123 Å². The molecule has 0 unspecified atom stereocenters. The summed E-state index contributed by atoms with van der Waals surface area (Å²) >= 11 is 1.49. The zero-order valence-corrected chi connectivity index (χ0v) is 23.4. The summed E-state index contributed by atoms with van der Waals surface area (Å²) in [5.41, 5.74) is 0.287. The van der Waals surface area contributed by atoms with Crippen LogP contribution in [0.4, 0.5) is 14.6 Å². The maximum Gasteiger partial charge on any atom is 0.345 e. The Kier molecular flexibility index (Phi) is 7.88. The maximum absolute atomic E-state index is 13.7. The number of carbonyl (C=O) groups excluding carboxylic acids is 2. The number of likely N-dealkylation sites (tertiary alicyclic amines) is 1. The third kappa shape index (κ3) is 5.90. The number of amides is 2. The molecule has 6 rings (SSSR count). The van der Waals surface area contributed by atoms with E-state index in [2.05, 4.69) is 20.7 Å². The number of fused-ring (bicyclic) bond motifs is 1. The highest BCUT2D eigenvalue weighted by molar-refractivity contribution is 7.16. The molecule has 0 aromatic carbocycles. The van der Waals surface area contributed by atoms with Gasteiger partial charge in [0, 0.05) is 61.4 Å². The fourth-order valence-corrected chi connectivity index (χ4v) is 6.85. The molecule has 3 aromatic heterocycles. The summed E-state index contributed by atoms with van der Waals surface area (Å²) in [7, 11) is 0. The quantitative estimate of drug-likeness (QED) is 0.326. The Morgan fingerprint density at radius 3 is 2.71 bits per heavy atom. The van der Waals surface area contributed by atoms with Crippen molar-refractivity contribution in [2.24, 2.45) is 11.3 Å². The van der Waals surface area contributed by atoms with Crippen LogP contribution in [0.15, 0.2) is 23.8 Å². The molecular weight excluding hydrogens is 556 g/mol. The zero-order chi connectivity index (χ0) is 28.5. The van der Waals surface area contributed by atoms with Gasteiger partial charge in [-0.2, -0.15) is 13.9 Å². The number of carbonyl (C=O) groups is 2. The lowest BCUT2D eigenvalue weighted by Crippen LogP contribution is -2.46. The number of ether oxygens (including phenoxy) is 2. The van der Waals surface area contributed by atoms with E-state index in [0.29, 0.717) is 68.8 Å². The highest BCUT2D eigenvalue weighted by Crippen LogP contribution is 2.46. The number of hydrogen-bond acceptors (Lipinski definition) is 9. The fraction of sp³-hybridized carbons (Fsp3) is 0.593. The normalized spacial score (nSPS) is 20.3. The largest absolute Gasteiger partial charge is 0.381 e. The highest BCUT2D eigenvalue weighted by atomic mass is 32.1. The van der Waals surface area contributed by atoms with Gasteiger partial charge < -0.3 is 25.0 Å². The first-order chi connectivity index (χ1) is 19.9. The SMILES string of the molecule is O=CNC1(C2CCN(C(=O)c3cc(NCC4(COC(F)F)CCOCC4)nc(-c4cnn5ccsc45)n3)CC2)CC1. The van der Waals surface area contributed by atoms with Crippen LogP contribution in [0.25, 0.3) is 16.2 Å². The Morgan fingerprint density at radius 1 is 1.22 bits per heavy atom. The van der Waals surface area contributed by atoms with E-state index in [1.807, 2.05) is 11.6 Å². The number of piperidine rings is 1. The Hall–Kier alpha value is -3.23. The first-order valence-corrected chi connectivity index (χ1v) is 14.8. The van der Waals surface area contributed by atoms with E-state index >= 15 is 0 Å². The molecule has 1 saturated carbocycles. The predicted octanol–water partition coefficient (Wildman–Crippen LogP) is 3.43. The van der Waals surface area contributed by atoms with Gasteiger partial charge in [-0.15, -0.1) is 11.3 Å². The van der Waals surface area contributed by atoms with Crippen LogP contribution in [0.2, 0.25) is 0 Å². The first kappa shape index (κ1) is 27.9. The van der Waals surface area contributed by atoms with Crippen LogP contribution in [0, 0.1) is 11.3 Å². The summed E-state index contributed by atoms with van der Waals surface area (Å²) in [4.78, 5) is 36.9. The summed E-state index contributed by atoms with van der Waals surface area (Å²) in [6.07, 6.45) is 9.00. The molecule has 41 heavy (non-hydrogen) atoms. The Balaban J connectivity index is 1.24. The standard InChI is InChI=1S/C27H33F2N7O4S/c28-25(29)40-16-26(5-10-39-11-6-26)15-30-21-13-20(33-22(34-21)19-14-32-36-9-12-41-24(19)36)23(38)35-7-1-18(2-8-35)27(3-4-27)31-17-37/h9,12-14,17-18,25H,1-8,10-11,15-16H2,(H,31,37)(H,30,33,34). The van der Waals surface area contributed by atoms with E-state index in [4.69, 9.17) is 14.5 Å². The van der Waals surface area contributed by atoms with Crippen molar-refractivity contribution >= 4 is 34.3 Å². The highest BCUT2D eigenvalue weighted by Gasteiger charge is 2.50. The first-order valence-electron chi connectivity index (χ1n) is 13.9. The van der Waals surface area contributed by atoms with Gasteiger partial charge in [-0.05, 0) is 44.4 Å². The molecule has 2 aliphatic heterocycles. The minimum absolute atomic E-state index is 0.112. The van der Waals surface area contributed by atoms with Crippen LogP contribution >= 0.6 is 11.3 Å². The number of alkyl halides is 2. The van der Waals surface area contributed by atoms with Crippen molar-refractivity contribution in [2.75, 3.05) is 44.8 Å². The second kappa shape index (κ2) is 11.6. The molecule has 3 aliphatic rings. The molecule has 2 saturated heterocycles. The lowest BCUT2D eigenvalue weighted by Gasteiger charge is -2.37. The summed E-state index contributed by atoms with van der Waals surface area (Å²) < 4.78 is 37.8. The van der Waals surface area contributed by atoms with E-state index in [-0.39, 0.29) is 23.7 Å². The molecule has 2 N–H and O–H groups in total. The summed E-state index contributed by atoms with van der Waals surface area (Å²) in [6, 6.07) is 1.63. The van der Waals surface area contributed by atoms with Crippen LogP contribution in [-0.4, -0.2) is 88.4 Å². The molecular formula is C27H33F2N7O4S. The number of nitrogens with one attached hydrogen (secondary N) is 2. The molecule has 3 fully saturated rings. The van der Waals surface area contributed by atoms with Gasteiger partial charge in [0.2, 0.25) is 6.41 Å². The van der Waals surface area contributed by atoms with Crippen molar-refractivity contribution in [3.8, 4) is 11.4 Å². The van der Waals surface area contributed by atoms with Crippen molar-refractivity contribution in [2.45, 2.75) is 50.7 Å². The van der Waals surface area contributed by atoms with Gasteiger partial charge in [-0.25, -0.2) is 14.5 Å². The lowest BCUT2D eigenvalue weighted by atomic mass is 9.81. The number of anilines is 1. The molecule has 0 atom stereocenters. The third-order valence-electron chi connectivity index (χ3n) is 8.73. The van der Waals surface area contributed by atoms with Crippen LogP contribution in [0.5, 0.6) is 0 Å². The molecule has 3 aromatic rings. The van der Waals surface area contributed by atoms with Crippen molar-refractivity contribution in [1.29, 1.82) is 0 Å². The molecule has 0 spiro atoms. The van der Waals surface area contributed by atoms with Gasteiger partial charge >= 0.3 is 6.61 Å². The number of thiazole rings is 1. The minimum atomic E-state index is -2.85. The fourth-order valence-electron chi connectivity index (χ4n) is 6.06. The number of halogens is 2. The Labute approximate surface area is 239 Å². The molecule has 1 aliphatic carbocycles. The van der Waals surface area contributed by atoms with Gasteiger partial charge in [0.1, 0.15) is 16.3 Å². The average Bonchev–Trinajstić information content (AvgIpc) is 3.43. The van der Waals surface area contributed by atoms with Crippen LogP contribution < -0.4 is 10.6 Å². The van der Waals surface area contributed by atoms with E-state index in [9.17, 15) is 18.4 Å². The molecule has 5 heterocycles. The number of nitrogens with zero attached hydrogens (tertiary/aromatic N) is 5. The second-order valence-electron chi connectivity index (χ2n) is 11.2. The van der Waals surface area contributed by atoms with Crippen LogP contribution in [-0.2, 0) is 14.3 Å². The van der Waals surface area contributed by atoms with Gasteiger partial charge in [0.15, 0.2) is 5.82 Å². The summed E-state index contributed by atoms with van der Waals surface area (Å²) in [5.74, 6) is 0.946. The summed E-state index contributed by atoms with van der Waals surface area (Å²) in [6.45, 7) is -0.575. The number of hydrogen-bond donors (Lipinski definition) is 2. The van der Waals surface area contributed by atoms with Crippen LogP contribution in [0.3, 0.4) is 0 Å². The number of rotatable bonds is 11. The third-order valence-corrected chi connectivity index (χ3v) is 9.62. The Morgan fingerprint density at radius 2 is 2.00 bits per heavy atom. The molecule has 220 valence electrons. The monoisotopic (exact) mass is 589 g/mol.